The van der Waals surface area contributed by atoms with Gasteiger partial charge in [-0.1, -0.05) is 0 Å². The molecule has 0 fully saturated rings. The summed E-state index contributed by atoms with van der Waals surface area (Å²) in [4.78, 5) is 0. The van der Waals surface area contributed by atoms with Crippen molar-refractivity contribution in [3.63, 3.8) is 0 Å². The van der Waals surface area contributed by atoms with E-state index in [1.807, 2.05) is 0 Å². The first kappa shape index (κ1) is 31.5. The Morgan fingerprint density at radius 2 is 0.625 bits per heavy atom. The van der Waals surface area contributed by atoms with Gasteiger partial charge in [-0.15, -0.1) is 0 Å². The largest absolute Gasteiger partial charge is 0.759 e. The van der Waals surface area contributed by atoms with E-state index in [1.165, 1.54) is 61.3 Å². The van der Waals surface area contributed by atoms with Crippen LogP contribution in [0, 0.1) is 0 Å². The molecule has 0 aliphatic carbocycles. The van der Waals surface area contributed by atoms with Gasteiger partial charge in [0.15, 0.2) is 0 Å². The minimum Gasteiger partial charge on any atom is -0.759 e. The molecule has 0 saturated carbocycles. The number of quaternary nitrogens is 2. The molecule has 0 heterocycles. The third-order valence-corrected chi connectivity index (χ3v) is 5.37. The highest BCUT2D eigenvalue weighted by molar-refractivity contribution is 7.79. The van der Waals surface area contributed by atoms with Crippen LogP contribution in [0.3, 0.4) is 0 Å². The molecule has 2 N–H and O–H groups in total. The molecular weight excluding hydrogens is 332 g/mol. The van der Waals surface area contributed by atoms with Crippen LogP contribution in [0.1, 0.15) is 55.4 Å². The van der Waals surface area contributed by atoms with Gasteiger partial charge in [0, 0.05) is 10.4 Å². The fourth-order valence-corrected chi connectivity index (χ4v) is 2.68. The van der Waals surface area contributed by atoms with Crippen molar-refractivity contribution in [2.45, 2.75) is 55.4 Å². The standard InChI is InChI=1S/2C8H20N.H2O4S.H2O/c2*1-5-9(6-2,7-3)8-4;1-5(2,3)4;/h2*5-8H2,1-4H3;(H2,1,2,3,4);1H2/q2*+1;;/p-2. The second kappa shape index (κ2) is 16.2. The summed E-state index contributed by atoms with van der Waals surface area (Å²) in [5.74, 6) is 0. The molecule has 0 amide bonds. The average Bonchev–Trinajstić information content (AvgIpc) is 2.52. The van der Waals surface area contributed by atoms with E-state index in [2.05, 4.69) is 55.4 Å². The quantitative estimate of drug-likeness (QED) is 0.365. The molecule has 152 valence electrons. The van der Waals surface area contributed by atoms with Gasteiger partial charge in [-0.05, 0) is 55.4 Å². The third kappa shape index (κ3) is 16.6. The molecule has 0 aromatic heterocycles. The first-order valence-corrected chi connectivity index (χ1v) is 10.2. The molecule has 0 bridgehead atoms. The van der Waals surface area contributed by atoms with Crippen molar-refractivity contribution in [3.8, 4) is 0 Å². The Kier molecular flexibility index (Phi) is 21.3. The summed E-state index contributed by atoms with van der Waals surface area (Å²) in [6, 6.07) is 0. The summed E-state index contributed by atoms with van der Waals surface area (Å²) >= 11 is 0. The molecule has 0 unspecified atom stereocenters. The summed E-state index contributed by atoms with van der Waals surface area (Å²) in [5, 5.41) is 0. The van der Waals surface area contributed by atoms with Crippen molar-refractivity contribution >= 4 is 10.4 Å². The van der Waals surface area contributed by atoms with Gasteiger partial charge in [-0.25, -0.2) is 0 Å². The van der Waals surface area contributed by atoms with Crippen LogP contribution in [0.25, 0.3) is 0 Å². The zero-order valence-electron chi connectivity index (χ0n) is 17.1. The number of hydrogen-bond acceptors (Lipinski definition) is 4. The van der Waals surface area contributed by atoms with Crippen LogP contribution in [-0.2, 0) is 10.4 Å². The normalized spacial score (nSPS) is 11.4. The van der Waals surface area contributed by atoms with E-state index in [0.29, 0.717) is 0 Å². The molecule has 0 radical (unpaired) electrons. The van der Waals surface area contributed by atoms with Gasteiger partial charge in [-0.2, -0.15) is 0 Å². The Morgan fingerprint density at radius 1 is 0.542 bits per heavy atom. The summed E-state index contributed by atoms with van der Waals surface area (Å²) in [6.45, 7) is 28.4. The first-order valence-electron chi connectivity index (χ1n) is 8.85. The summed E-state index contributed by atoms with van der Waals surface area (Å²) in [6.07, 6.45) is 0. The average molecular weight is 375 g/mol. The zero-order valence-corrected chi connectivity index (χ0v) is 17.9. The molecule has 0 spiro atoms. The van der Waals surface area contributed by atoms with Gasteiger partial charge < -0.3 is 23.5 Å². The molecular formula is C16H42N2O5S. The Hall–Kier alpha value is -0.250. The number of rotatable bonds is 8. The molecule has 8 heteroatoms. The second-order valence-electron chi connectivity index (χ2n) is 5.62. The van der Waals surface area contributed by atoms with Crippen molar-refractivity contribution in [1.29, 1.82) is 0 Å². The minimum absolute atomic E-state index is 0. The lowest BCUT2D eigenvalue weighted by Crippen LogP contribution is -2.47. The molecule has 0 aromatic rings. The fourth-order valence-electron chi connectivity index (χ4n) is 2.68. The van der Waals surface area contributed by atoms with Crippen LogP contribution in [0.4, 0.5) is 0 Å². The van der Waals surface area contributed by atoms with Crippen molar-refractivity contribution in [2.24, 2.45) is 0 Å². The van der Waals surface area contributed by atoms with Gasteiger partial charge >= 0.3 is 0 Å². The molecule has 24 heavy (non-hydrogen) atoms. The topological polar surface area (TPSA) is 112 Å². The van der Waals surface area contributed by atoms with Crippen LogP contribution in [0.15, 0.2) is 0 Å². The SMILES string of the molecule is CC[N+](CC)(CC)CC.CC[N+](CC)(CC)CC.O.O=S(=O)([O-])[O-]. The molecule has 0 aliphatic heterocycles. The lowest BCUT2D eigenvalue weighted by Gasteiger charge is -2.34. The molecule has 0 aliphatic rings. The van der Waals surface area contributed by atoms with Crippen molar-refractivity contribution in [1.82, 2.24) is 0 Å². The highest BCUT2D eigenvalue weighted by Gasteiger charge is 2.16. The summed E-state index contributed by atoms with van der Waals surface area (Å²) in [7, 11) is -5.17. The van der Waals surface area contributed by atoms with Gasteiger partial charge in [0.25, 0.3) is 0 Å². The molecule has 0 aromatic carbocycles. The minimum atomic E-state index is -5.17. The van der Waals surface area contributed by atoms with E-state index in [0.717, 1.165) is 0 Å². The van der Waals surface area contributed by atoms with Crippen LogP contribution in [0.2, 0.25) is 0 Å². The van der Waals surface area contributed by atoms with E-state index >= 15 is 0 Å². The van der Waals surface area contributed by atoms with Crippen LogP contribution >= 0.6 is 0 Å². The van der Waals surface area contributed by atoms with Crippen molar-refractivity contribution in [2.75, 3.05) is 52.4 Å². The monoisotopic (exact) mass is 374 g/mol. The predicted octanol–water partition coefficient (Wildman–Crippen LogP) is 1.60. The van der Waals surface area contributed by atoms with Gasteiger partial charge in [0.1, 0.15) is 0 Å². The van der Waals surface area contributed by atoms with Crippen LogP contribution < -0.4 is 0 Å². The van der Waals surface area contributed by atoms with E-state index in [9.17, 15) is 0 Å². The zero-order chi connectivity index (χ0) is 19.2. The van der Waals surface area contributed by atoms with Gasteiger partial charge in [-0.3, -0.25) is 8.42 Å². The molecule has 0 saturated heterocycles. The smallest absolute Gasteiger partial charge is 0.0757 e. The predicted molar refractivity (Wildman–Crippen MR) is 98.9 cm³/mol. The van der Waals surface area contributed by atoms with Gasteiger partial charge in [0.2, 0.25) is 0 Å². The Balaban J connectivity index is -0.000000128. The van der Waals surface area contributed by atoms with Crippen molar-refractivity contribution < 1.29 is 32.0 Å². The second-order valence-corrected chi connectivity index (χ2v) is 6.44. The van der Waals surface area contributed by atoms with E-state index < -0.39 is 10.4 Å². The van der Waals surface area contributed by atoms with Gasteiger partial charge in [0.05, 0.1) is 52.4 Å². The van der Waals surface area contributed by atoms with E-state index in [-0.39, 0.29) is 5.48 Å². The maximum Gasteiger partial charge on any atom is 0.0757 e. The molecule has 0 atom stereocenters. The lowest BCUT2D eigenvalue weighted by molar-refractivity contribution is -0.921. The van der Waals surface area contributed by atoms with E-state index in [4.69, 9.17) is 17.5 Å². The third-order valence-electron chi connectivity index (χ3n) is 5.37. The highest BCUT2D eigenvalue weighted by Crippen LogP contribution is 2.03. The lowest BCUT2D eigenvalue weighted by atomic mass is 10.3. The number of nitrogens with zero attached hydrogens (tertiary/aromatic N) is 2. The maximum absolute atomic E-state index is 8.52. The van der Waals surface area contributed by atoms with E-state index in [1.54, 1.807) is 0 Å². The molecule has 0 rings (SSSR count). The Bertz CT molecular complexity index is 290. The summed E-state index contributed by atoms with van der Waals surface area (Å²) in [5.41, 5.74) is 0. The summed E-state index contributed by atoms with van der Waals surface area (Å²) < 4.78 is 36.6. The highest BCUT2D eigenvalue weighted by atomic mass is 32.3. The Labute approximate surface area is 150 Å². The molecule has 7 nitrogen and oxygen atoms in total. The number of hydrogen-bond donors (Lipinski definition) is 0. The first-order chi connectivity index (χ1) is 10.5. The Morgan fingerprint density at radius 3 is 0.625 bits per heavy atom. The fraction of sp³-hybridized carbons (Fsp3) is 1.00. The van der Waals surface area contributed by atoms with Crippen LogP contribution in [0.5, 0.6) is 0 Å². The maximum atomic E-state index is 8.52. The van der Waals surface area contributed by atoms with Crippen molar-refractivity contribution in [3.05, 3.63) is 0 Å². The van der Waals surface area contributed by atoms with Crippen LogP contribution in [-0.4, -0.2) is 84.3 Å².